The first-order valence-corrected chi connectivity index (χ1v) is 10.7. The number of hydrogen-bond donors (Lipinski definition) is 2. The molecule has 1 aromatic carbocycles. The van der Waals surface area contributed by atoms with Crippen molar-refractivity contribution in [3.05, 3.63) is 40.8 Å². The predicted molar refractivity (Wildman–Crippen MR) is 112 cm³/mol. The number of primary amides is 1. The van der Waals surface area contributed by atoms with Crippen LogP contribution in [0.25, 0.3) is 11.3 Å². The summed E-state index contributed by atoms with van der Waals surface area (Å²) in [7, 11) is 0. The molecule has 0 spiro atoms. The summed E-state index contributed by atoms with van der Waals surface area (Å²) >= 11 is 0. The topological polar surface area (TPSA) is 93.2 Å². The van der Waals surface area contributed by atoms with Crippen molar-refractivity contribution in [2.75, 3.05) is 13.1 Å². The molecule has 10 heteroatoms. The number of alkyl halides is 2. The summed E-state index contributed by atoms with van der Waals surface area (Å²) in [6.45, 7) is 2.86. The minimum Gasteiger partial charge on any atom is -0.365 e. The lowest BCUT2D eigenvalue weighted by Gasteiger charge is -2.31. The van der Waals surface area contributed by atoms with Crippen molar-refractivity contribution >= 4 is 11.9 Å². The zero-order valence-corrected chi connectivity index (χ0v) is 17.8. The second-order valence-corrected chi connectivity index (χ2v) is 8.63. The third kappa shape index (κ3) is 4.44. The van der Waals surface area contributed by atoms with Gasteiger partial charge in [-0.2, -0.15) is 5.10 Å². The number of rotatable bonds is 4. The lowest BCUT2D eigenvalue weighted by molar-refractivity contribution is -0.0452. The van der Waals surface area contributed by atoms with Crippen molar-refractivity contribution in [1.82, 2.24) is 20.0 Å². The largest absolute Gasteiger partial charge is 0.365 e. The summed E-state index contributed by atoms with van der Waals surface area (Å²) in [5, 5.41) is 7.34. The Labute approximate surface area is 183 Å². The number of carbonyl (C=O) groups excluding carboxylic acids is 2. The third-order valence-electron chi connectivity index (χ3n) is 6.32. The molecular weight excluding hydrogens is 423 g/mol. The Hall–Kier alpha value is -3.04. The molecule has 0 unspecified atom stereocenters. The average molecular weight is 449 g/mol. The van der Waals surface area contributed by atoms with Gasteiger partial charge in [0.15, 0.2) is 0 Å². The molecule has 2 aromatic rings. The highest BCUT2D eigenvalue weighted by Crippen LogP contribution is 2.36. The number of carbonyl (C=O) groups is 2. The van der Waals surface area contributed by atoms with E-state index in [2.05, 4.69) is 10.4 Å². The Balaban J connectivity index is 1.48. The fourth-order valence-corrected chi connectivity index (χ4v) is 4.39. The zero-order chi connectivity index (χ0) is 23.0. The quantitative estimate of drug-likeness (QED) is 0.749. The van der Waals surface area contributed by atoms with E-state index < -0.39 is 11.8 Å². The van der Waals surface area contributed by atoms with Gasteiger partial charge in [-0.3, -0.25) is 9.48 Å². The third-order valence-corrected chi connectivity index (χ3v) is 6.32. The Bertz CT molecular complexity index is 1040. The normalized spacial score (nSPS) is 18.3. The number of fused-ring (bicyclic) bond motifs is 1. The van der Waals surface area contributed by atoms with Gasteiger partial charge in [-0.25, -0.2) is 18.0 Å². The maximum absolute atomic E-state index is 13.7. The summed E-state index contributed by atoms with van der Waals surface area (Å²) < 4.78 is 42.0. The molecule has 7 nitrogen and oxygen atoms in total. The summed E-state index contributed by atoms with van der Waals surface area (Å²) in [5.74, 6) is -3.60. The van der Waals surface area contributed by atoms with Gasteiger partial charge in [0.2, 0.25) is 5.92 Å². The first kappa shape index (κ1) is 22.2. The first-order chi connectivity index (χ1) is 15.1. The number of nitrogens with one attached hydrogen (secondary N) is 1. The minimum absolute atomic E-state index is 0.0309. The van der Waals surface area contributed by atoms with Gasteiger partial charge in [0, 0.05) is 31.5 Å². The van der Waals surface area contributed by atoms with Crippen LogP contribution in [0.4, 0.5) is 18.0 Å². The number of urea groups is 1. The van der Waals surface area contributed by atoms with Crippen molar-refractivity contribution in [1.29, 1.82) is 0 Å². The average Bonchev–Trinajstić information content (AvgIpc) is 3.13. The number of halogens is 3. The molecule has 4 rings (SSSR count). The molecule has 32 heavy (non-hydrogen) atoms. The maximum Gasteiger partial charge on any atom is 0.317 e. The Morgan fingerprint density at radius 1 is 1.25 bits per heavy atom. The molecule has 0 saturated heterocycles. The van der Waals surface area contributed by atoms with Crippen LogP contribution < -0.4 is 11.1 Å². The van der Waals surface area contributed by atoms with Crippen LogP contribution >= 0.6 is 0 Å². The highest BCUT2D eigenvalue weighted by molar-refractivity contribution is 6.00. The van der Waals surface area contributed by atoms with Crippen LogP contribution in [0, 0.1) is 18.7 Å². The number of hydrogen-bond acceptors (Lipinski definition) is 3. The van der Waals surface area contributed by atoms with Gasteiger partial charge >= 0.3 is 6.03 Å². The summed E-state index contributed by atoms with van der Waals surface area (Å²) in [4.78, 5) is 26.5. The van der Waals surface area contributed by atoms with Gasteiger partial charge in [0.05, 0.1) is 24.3 Å². The molecule has 1 aliphatic carbocycles. The number of nitrogens with zero attached hydrogens (tertiary/aromatic N) is 3. The number of aromatic nitrogens is 2. The zero-order valence-electron chi connectivity index (χ0n) is 17.8. The second kappa shape index (κ2) is 8.48. The molecule has 1 aliphatic heterocycles. The van der Waals surface area contributed by atoms with Crippen molar-refractivity contribution in [3.63, 3.8) is 0 Å². The minimum atomic E-state index is -2.60. The van der Waals surface area contributed by atoms with Crippen LogP contribution in [0.2, 0.25) is 0 Å². The van der Waals surface area contributed by atoms with Crippen LogP contribution in [0.3, 0.4) is 0 Å². The van der Waals surface area contributed by atoms with Crippen LogP contribution in [0.5, 0.6) is 0 Å². The van der Waals surface area contributed by atoms with Gasteiger partial charge in [-0.1, -0.05) is 0 Å². The number of amides is 3. The molecule has 0 radical (unpaired) electrons. The Morgan fingerprint density at radius 3 is 2.62 bits per heavy atom. The fraction of sp³-hybridized carbons (Fsp3) is 0.500. The van der Waals surface area contributed by atoms with Crippen molar-refractivity contribution < 1.29 is 22.8 Å². The van der Waals surface area contributed by atoms with E-state index in [1.807, 2.05) is 0 Å². The SMILES string of the molecule is Cc1cc(-c2nn3c(c2C(N)=O)CN(C(=O)NCC2CCC(F)(F)CC2)CC3)ccc1F. The molecule has 3 N–H and O–H groups in total. The van der Waals surface area contributed by atoms with E-state index >= 15 is 0 Å². The molecule has 1 aromatic heterocycles. The summed E-state index contributed by atoms with van der Waals surface area (Å²) in [6, 6.07) is 4.15. The summed E-state index contributed by atoms with van der Waals surface area (Å²) in [6.07, 6.45) is 0.465. The predicted octanol–water partition coefficient (Wildman–Crippen LogP) is 3.45. The van der Waals surface area contributed by atoms with E-state index in [0.717, 1.165) is 0 Å². The van der Waals surface area contributed by atoms with Crippen LogP contribution in [0.15, 0.2) is 18.2 Å². The smallest absolute Gasteiger partial charge is 0.317 e. The van der Waals surface area contributed by atoms with E-state index in [0.29, 0.717) is 55.0 Å². The highest BCUT2D eigenvalue weighted by Gasteiger charge is 2.35. The molecule has 1 fully saturated rings. The van der Waals surface area contributed by atoms with Gasteiger partial charge in [0.1, 0.15) is 11.5 Å². The molecule has 0 atom stereocenters. The lowest BCUT2D eigenvalue weighted by Crippen LogP contribution is -2.46. The van der Waals surface area contributed by atoms with Gasteiger partial charge < -0.3 is 16.0 Å². The first-order valence-electron chi connectivity index (χ1n) is 10.7. The molecular formula is C22H26F3N5O2. The van der Waals surface area contributed by atoms with Crippen molar-refractivity contribution in [2.24, 2.45) is 11.7 Å². The number of benzene rings is 1. The summed E-state index contributed by atoms with van der Waals surface area (Å²) in [5.41, 5.74) is 7.73. The fourth-order valence-electron chi connectivity index (χ4n) is 4.39. The van der Waals surface area contributed by atoms with Crippen LogP contribution in [-0.4, -0.2) is 45.6 Å². The van der Waals surface area contributed by atoms with Crippen LogP contribution in [-0.2, 0) is 13.1 Å². The van der Waals surface area contributed by atoms with E-state index in [4.69, 9.17) is 5.73 Å². The van der Waals surface area contributed by atoms with E-state index in [-0.39, 0.29) is 42.7 Å². The number of nitrogens with two attached hydrogens (primary N) is 1. The van der Waals surface area contributed by atoms with Crippen molar-refractivity contribution in [2.45, 2.75) is 51.6 Å². The molecule has 172 valence electrons. The maximum atomic E-state index is 13.7. The van der Waals surface area contributed by atoms with E-state index in [9.17, 15) is 22.8 Å². The molecule has 2 heterocycles. The molecule has 0 bridgehead atoms. The Morgan fingerprint density at radius 2 is 1.97 bits per heavy atom. The van der Waals surface area contributed by atoms with Gasteiger partial charge in [-0.05, 0) is 49.4 Å². The second-order valence-electron chi connectivity index (χ2n) is 8.63. The standard InChI is InChI=1S/C22H26F3N5O2/c1-13-10-15(2-3-16(13)23)19-18(20(26)31)17-12-29(8-9-30(17)28-19)21(32)27-11-14-4-6-22(24,25)7-5-14/h2-3,10,14H,4-9,11-12H2,1H3,(H2,26,31)(H,27,32). The van der Waals surface area contributed by atoms with Gasteiger partial charge in [-0.15, -0.1) is 0 Å². The molecule has 2 aliphatic rings. The van der Waals surface area contributed by atoms with Crippen LogP contribution in [0.1, 0.15) is 47.3 Å². The molecule has 3 amide bonds. The molecule has 1 saturated carbocycles. The monoisotopic (exact) mass is 449 g/mol. The lowest BCUT2D eigenvalue weighted by atomic mass is 9.87. The van der Waals surface area contributed by atoms with E-state index in [1.54, 1.807) is 28.6 Å². The van der Waals surface area contributed by atoms with Crippen molar-refractivity contribution in [3.8, 4) is 11.3 Å². The Kier molecular flexibility index (Phi) is 5.87. The van der Waals surface area contributed by atoms with Gasteiger partial charge in [0.25, 0.3) is 5.91 Å². The highest BCUT2D eigenvalue weighted by atomic mass is 19.3. The number of aryl methyl sites for hydroxylation is 1. The van der Waals surface area contributed by atoms with E-state index in [1.165, 1.54) is 6.07 Å².